The average Bonchev–Trinajstić information content (AvgIpc) is 2.43. The lowest BCUT2D eigenvalue weighted by molar-refractivity contribution is -0.0630. The van der Waals surface area contributed by atoms with Gasteiger partial charge in [0.15, 0.2) is 0 Å². The average molecular weight is 275 g/mol. The molecule has 0 aromatic heterocycles. The predicted molar refractivity (Wildman–Crippen MR) is 82.0 cm³/mol. The first kappa shape index (κ1) is 15.1. The number of hydrogen-bond donors (Lipinski definition) is 1. The van der Waals surface area contributed by atoms with Crippen molar-refractivity contribution in [1.29, 1.82) is 0 Å². The van der Waals surface area contributed by atoms with Crippen LogP contribution in [0.15, 0.2) is 36.9 Å². The van der Waals surface area contributed by atoms with Gasteiger partial charge in [-0.1, -0.05) is 30.9 Å². The highest BCUT2D eigenvalue weighted by Gasteiger charge is 2.28. The fourth-order valence-electron chi connectivity index (χ4n) is 2.60. The van der Waals surface area contributed by atoms with Crippen molar-refractivity contribution in [3.05, 3.63) is 42.5 Å². The first-order valence-corrected chi connectivity index (χ1v) is 7.30. The molecule has 110 valence electrons. The molecule has 1 aromatic rings. The Kier molecular flexibility index (Phi) is 5.21. The number of hydrogen-bond acceptors (Lipinski definition) is 3. The number of benzene rings is 1. The van der Waals surface area contributed by atoms with Crippen LogP contribution >= 0.6 is 0 Å². The van der Waals surface area contributed by atoms with Crippen molar-refractivity contribution in [2.75, 3.05) is 13.2 Å². The lowest BCUT2D eigenvalue weighted by atomic mass is 9.94. The third-order valence-electron chi connectivity index (χ3n) is 3.61. The second kappa shape index (κ2) is 6.91. The minimum absolute atomic E-state index is 0.0191. The molecule has 0 amide bonds. The van der Waals surface area contributed by atoms with Gasteiger partial charge in [0.25, 0.3) is 0 Å². The molecule has 1 unspecified atom stereocenters. The number of ether oxygens (including phenoxy) is 2. The summed E-state index contributed by atoms with van der Waals surface area (Å²) in [6.45, 7) is 10.2. The van der Waals surface area contributed by atoms with Crippen molar-refractivity contribution in [2.24, 2.45) is 0 Å². The molecule has 2 rings (SSSR count). The maximum atomic E-state index is 5.75. The van der Waals surface area contributed by atoms with Gasteiger partial charge in [-0.05, 0) is 32.8 Å². The first-order valence-electron chi connectivity index (χ1n) is 7.30. The van der Waals surface area contributed by atoms with Crippen LogP contribution in [0.1, 0.15) is 32.3 Å². The van der Waals surface area contributed by atoms with Crippen molar-refractivity contribution in [3.63, 3.8) is 0 Å². The van der Waals surface area contributed by atoms with E-state index in [1.165, 1.54) is 5.56 Å². The molecular formula is C17H25NO2. The first-order chi connectivity index (χ1) is 9.61. The van der Waals surface area contributed by atoms with Crippen LogP contribution in [-0.2, 0) is 11.3 Å². The lowest BCUT2D eigenvalue weighted by Crippen LogP contribution is -2.43. The zero-order valence-electron chi connectivity index (χ0n) is 12.5. The summed E-state index contributed by atoms with van der Waals surface area (Å²) in [6, 6.07) is 8.67. The molecule has 1 aliphatic heterocycles. The monoisotopic (exact) mass is 275 g/mol. The van der Waals surface area contributed by atoms with E-state index in [1.807, 2.05) is 18.2 Å². The van der Waals surface area contributed by atoms with Crippen molar-refractivity contribution < 1.29 is 9.47 Å². The molecule has 0 aliphatic carbocycles. The Balaban J connectivity index is 1.91. The van der Waals surface area contributed by atoms with Gasteiger partial charge in [0.1, 0.15) is 12.4 Å². The molecular weight excluding hydrogens is 250 g/mol. The van der Waals surface area contributed by atoms with Crippen LogP contribution in [0.3, 0.4) is 0 Å². The molecule has 3 nitrogen and oxygen atoms in total. The maximum Gasteiger partial charge on any atom is 0.124 e. The molecule has 1 fully saturated rings. The lowest BCUT2D eigenvalue weighted by Gasteiger charge is -2.36. The molecule has 1 saturated heterocycles. The van der Waals surface area contributed by atoms with Crippen molar-refractivity contribution >= 4 is 0 Å². The second-order valence-electron chi connectivity index (χ2n) is 5.89. The van der Waals surface area contributed by atoms with E-state index in [-0.39, 0.29) is 5.60 Å². The van der Waals surface area contributed by atoms with Crippen LogP contribution in [0.4, 0.5) is 0 Å². The summed E-state index contributed by atoms with van der Waals surface area (Å²) < 4.78 is 11.4. The highest BCUT2D eigenvalue weighted by molar-refractivity contribution is 5.33. The Hall–Kier alpha value is -1.32. The molecule has 3 heteroatoms. The third-order valence-corrected chi connectivity index (χ3v) is 3.61. The molecule has 0 spiro atoms. The van der Waals surface area contributed by atoms with E-state index in [2.05, 4.69) is 31.8 Å². The van der Waals surface area contributed by atoms with Gasteiger partial charge >= 0.3 is 0 Å². The second-order valence-corrected chi connectivity index (χ2v) is 5.89. The van der Waals surface area contributed by atoms with Gasteiger partial charge in [-0.2, -0.15) is 0 Å². The number of rotatable bonds is 6. The van der Waals surface area contributed by atoms with E-state index in [1.54, 1.807) is 6.08 Å². The Morgan fingerprint density at radius 3 is 3.00 bits per heavy atom. The van der Waals surface area contributed by atoms with Gasteiger partial charge in [-0.3, -0.25) is 0 Å². The quantitative estimate of drug-likeness (QED) is 0.808. The van der Waals surface area contributed by atoms with Crippen LogP contribution in [-0.4, -0.2) is 24.9 Å². The third kappa shape index (κ3) is 4.36. The molecule has 1 aliphatic rings. The predicted octanol–water partition coefficient (Wildman–Crippen LogP) is 3.30. The smallest absolute Gasteiger partial charge is 0.124 e. The fourth-order valence-corrected chi connectivity index (χ4v) is 2.60. The Bertz CT molecular complexity index is 442. The molecule has 0 saturated carbocycles. The van der Waals surface area contributed by atoms with Crippen LogP contribution in [0.5, 0.6) is 5.75 Å². The minimum atomic E-state index is -0.0191. The van der Waals surface area contributed by atoms with Crippen molar-refractivity contribution in [2.45, 2.75) is 44.9 Å². The van der Waals surface area contributed by atoms with Gasteiger partial charge in [0.05, 0.1) is 5.60 Å². The van der Waals surface area contributed by atoms with Gasteiger partial charge in [-0.25, -0.2) is 0 Å². The van der Waals surface area contributed by atoms with Crippen LogP contribution in [0, 0.1) is 0 Å². The van der Waals surface area contributed by atoms with E-state index < -0.39 is 0 Å². The fraction of sp³-hybridized carbons (Fsp3) is 0.529. The zero-order valence-corrected chi connectivity index (χ0v) is 12.5. The van der Waals surface area contributed by atoms with Crippen LogP contribution < -0.4 is 10.1 Å². The topological polar surface area (TPSA) is 30.5 Å². The summed E-state index contributed by atoms with van der Waals surface area (Å²) in [5.74, 6) is 0.936. The van der Waals surface area contributed by atoms with Gasteiger partial charge in [0.2, 0.25) is 0 Å². The zero-order chi connectivity index (χ0) is 14.4. The van der Waals surface area contributed by atoms with E-state index >= 15 is 0 Å². The highest BCUT2D eigenvalue weighted by Crippen LogP contribution is 2.25. The number of nitrogens with one attached hydrogen (secondary N) is 1. The van der Waals surface area contributed by atoms with E-state index in [0.29, 0.717) is 12.6 Å². The summed E-state index contributed by atoms with van der Waals surface area (Å²) in [5, 5.41) is 3.62. The van der Waals surface area contributed by atoms with E-state index in [4.69, 9.17) is 9.47 Å². The van der Waals surface area contributed by atoms with Gasteiger partial charge < -0.3 is 14.8 Å². The summed E-state index contributed by atoms with van der Waals surface area (Å²) in [4.78, 5) is 0. The molecule has 20 heavy (non-hydrogen) atoms. The standard InChI is InChI=1S/C17H25NO2/c1-4-10-19-16-8-6-5-7-14(16)13-18-15-9-11-20-17(2,3)12-15/h4-8,15,18H,1,9-13H2,2-3H3. The van der Waals surface area contributed by atoms with E-state index in [9.17, 15) is 0 Å². The van der Waals surface area contributed by atoms with Gasteiger partial charge in [0, 0.05) is 24.8 Å². The van der Waals surface area contributed by atoms with Crippen molar-refractivity contribution in [3.8, 4) is 5.75 Å². The Morgan fingerprint density at radius 1 is 1.45 bits per heavy atom. The Labute approximate surface area is 122 Å². The minimum Gasteiger partial charge on any atom is -0.489 e. The molecule has 0 radical (unpaired) electrons. The largest absolute Gasteiger partial charge is 0.489 e. The van der Waals surface area contributed by atoms with Crippen LogP contribution in [0.2, 0.25) is 0 Å². The molecule has 1 atom stereocenters. The highest BCUT2D eigenvalue weighted by atomic mass is 16.5. The number of para-hydroxylation sites is 1. The van der Waals surface area contributed by atoms with Gasteiger partial charge in [-0.15, -0.1) is 0 Å². The Morgan fingerprint density at radius 2 is 2.25 bits per heavy atom. The summed E-state index contributed by atoms with van der Waals surface area (Å²) in [7, 11) is 0. The SMILES string of the molecule is C=CCOc1ccccc1CNC1CCOC(C)(C)C1. The molecule has 1 heterocycles. The molecule has 0 bridgehead atoms. The van der Waals surface area contributed by atoms with Crippen molar-refractivity contribution in [1.82, 2.24) is 5.32 Å². The molecule has 1 aromatic carbocycles. The summed E-state index contributed by atoms with van der Waals surface area (Å²) in [6.07, 6.45) is 3.88. The van der Waals surface area contributed by atoms with E-state index in [0.717, 1.165) is 31.7 Å². The molecule has 1 N–H and O–H groups in total. The maximum absolute atomic E-state index is 5.75. The summed E-state index contributed by atoms with van der Waals surface area (Å²) in [5.41, 5.74) is 1.17. The summed E-state index contributed by atoms with van der Waals surface area (Å²) >= 11 is 0. The normalized spacial score (nSPS) is 21.4. The van der Waals surface area contributed by atoms with Crippen LogP contribution in [0.25, 0.3) is 0 Å².